The average molecular weight is 350 g/mol. The second-order valence-corrected chi connectivity index (χ2v) is 6.57. The molecule has 23 heavy (non-hydrogen) atoms. The summed E-state index contributed by atoms with van der Waals surface area (Å²) in [4.78, 5) is 1.91. The van der Waals surface area contributed by atoms with Crippen LogP contribution >= 0.6 is 23.2 Å². The van der Waals surface area contributed by atoms with Gasteiger partial charge in [0.25, 0.3) is 0 Å². The molecule has 3 rings (SSSR count). The molecule has 1 aromatic heterocycles. The Morgan fingerprint density at radius 2 is 1.78 bits per heavy atom. The number of hydrogen-bond acceptors (Lipinski definition) is 3. The van der Waals surface area contributed by atoms with Crippen molar-refractivity contribution < 1.29 is 9.52 Å². The summed E-state index contributed by atoms with van der Waals surface area (Å²) in [5, 5.41) is 11.7. The molecular weight excluding hydrogens is 333 g/mol. The second kappa shape index (κ2) is 6.44. The third-order valence-electron chi connectivity index (χ3n) is 3.67. The summed E-state index contributed by atoms with van der Waals surface area (Å²) in [5.74, 6) is 0.779. The summed E-state index contributed by atoms with van der Waals surface area (Å²) in [6.45, 7) is 0.481. The predicted octanol–water partition coefficient (Wildman–Crippen LogP) is 5.10. The Hall–Kier alpha value is -1.68. The highest BCUT2D eigenvalue weighted by Gasteiger charge is 2.21. The van der Waals surface area contributed by atoms with Gasteiger partial charge in [0.05, 0.1) is 10.0 Å². The molecule has 0 bridgehead atoms. The van der Waals surface area contributed by atoms with E-state index >= 15 is 0 Å². The van der Waals surface area contributed by atoms with Crippen molar-refractivity contribution in [1.29, 1.82) is 0 Å². The SMILES string of the molecule is CN(C)Cc1c(O)c(Cl)c2cc(Cc3ccccc3)oc2c1Cl. The predicted molar refractivity (Wildman–Crippen MR) is 94.5 cm³/mol. The standard InChI is InChI=1S/C18H17Cl2NO2/c1-21(2)10-14-16(20)18-13(15(19)17(14)22)9-12(23-18)8-11-6-4-3-5-7-11/h3-7,9,22H,8,10H2,1-2H3. The molecule has 3 nitrogen and oxygen atoms in total. The molecular formula is C18H17Cl2NO2. The molecule has 0 saturated carbocycles. The summed E-state index contributed by atoms with van der Waals surface area (Å²) >= 11 is 12.8. The topological polar surface area (TPSA) is 36.6 Å². The van der Waals surface area contributed by atoms with Gasteiger partial charge in [0.2, 0.25) is 0 Å². The van der Waals surface area contributed by atoms with Crippen LogP contribution in [0.25, 0.3) is 11.0 Å². The van der Waals surface area contributed by atoms with Crippen molar-refractivity contribution in [2.24, 2.45) is 0 Å². The number of fused-ring (bicyclic) bond motifs is 1. The third-order valence-corrected chi connectivity index (χ3v) is 4.46. The summed E-state index contributed by atoms with van der Waals surface area (Å²) in [7, 11) is 3.80. The molecule has 0 fully saturated rings. The van der Waals surface area contributed by atoms with Gasteiger partial charge in [-0.05, 0) is 25.7 Å². The monoisotopic (exact) mass is 349 g/mol. The van der Waals surface area contributed by atoms with Crippen LogP contribution in [0.3, 0.4) is 0 Å². The van der Waals surface area contributed by atoms with Crippen LogP contribution in [0.2, 0.25) is 10.0 Å². The molecule has 0 radical (unpaired) electrons. The van der Waals surface area contributed by atoms with Crippen molar-refractivity contribution in [2.45, 2.75) is 13.0 Å². The fourth-order valence-corrected chi connectivity index (χ4v) is 3.16. The van der Waals surface area contributed by atoms with E-state index in [9.17, 15) is 5.11 Å². The van der Waals surface area contributed by atoms with Crippen LogP contribution in [-0.4, -0.2) is 24.1 Å². The number of phenolic OH excluding ortho intramolecular Hbond substituents is 1. The average Bonchev–Trinajstić information content (AvgIpc) is 2.94. The maximum atomic E-state index is 10.3. The minimum Gasteiger partial charge on any atom is -0.506 e. The van der Waals surface area contributed by atoms with Crippen LogP contribution < -0.4 is 0 Å². The fraction of sp³-hybridized carbons (Fsp3) is 0.222. The zero-order valence-electron chi connectivity index (χ0n) is 12.9. The van der Waals surface area contributed by atoms with Gasteiger partial charge in [-0.1, -0.05) is 53.5 Å². The maximum absolute atomic E-state index is 10.3. The van der Waals surface area contributed by atoms with Crippen LogP contribution in [0.5, 0.6) is 5.75 Å². The van der Waals surface area contributed by atoms with E-state index in [0.717, 1.165) is 11.3 Å². The van der Waals surface area contributed by atoms with Crippen molar-refractivity contribution in [3.05, 3.63) is 63.3 Å². The first kappa shape index (κ1) is 16.2. The van der Waals surface area contributed by atoms with E-state index in [-0.39, 0.29) is 10.8 Å². The number of aromatic hydroxyl groups is 1. The van der Waals surface area contributed by atoms with Crippen molar-refractivity contribution in [1.82, 2.24) is 4.90 Å². The number of hydrogen-bond donors (Lipinski definition) is 1. The molecule has 0 aliphatic rings. The van der Waals surface area contributed by atoms with Gasteiger partial charge in [-0.3, -0.25) is 0 Å². The first-order valence-electron chi connectivity index (χ1n) is 7.27. The number of benzene rings is 2. The molecule has 2 aromatic carbocycles. The van der Waals surface area contributed by atoms with Crippen LogP contribution in [0.4, 0.5) is 0 Å². The van der Waals surface area contributed by atoms with E-state index in [0.29, 0.717) is 34.5 Å². The highest BCUT2D eigenvalue weighted by Crippen LogP contribution is 2.43. The smallest absolute Gasteiger partial charge is 0.154 e. The number of nitrogens with zero attached hydrogens (tertiary/aromatic N) is 1. The fourth-order valence-electron chi connectivity index (χ4n) is 2.61. The molecule has 120 valence electrons. The first-order chi connectivity index (χ1) is 11.0. The van der Waals surface area contributed by atoms with E-state index in [1.165, 1.54) is 0 Å². The van der Waals surface area contributed by atoms with Crippen molar-refractivity contribution in [2.75, 3.05) is 14.1 Å². The summed E-state index contributed by atoms with van der Waals surface area (Å²) in [6.07, 6.45) is 0.645. The van der Waals surface area contributed by atoms with E-state index in [4.69, 9.17) is 27.6 Å². The molecule has 0 aliphatic carbocycles. The molecule has 0 amide bonds. The van der Waals surface area contributed by atoms with Gasteiger partial charge in [-0.25, -0.2) is 0 Å². The summed E-state index contributed by atoms with van der Waals surface area (Å²) in [5.41, 5.74) is 2.24. The lowest BCUT2D eigenvalue weighted by Crippen LogP contribution is -2.11. The Morgan fingerprint density at radius 3 is 2.43 bits per heavy atom. The van der Waals surface area contributed by atoms with Crippen molar-refractivity contribution in [3.63, 3.8) is 0 Å². The molecule has 0 aliphatic heterocycles. The van der Waals surface area contributed by atoms with Gasteiger partial charge in [0, 0.05) is 23.9 Å². The van der Waals surface area contributed by atoms with E-state index in [1.807, 2.05) is 55.4 Å². The molecule has 5 heteroatoms. The largest absolute Gasteiger partial charge is 0.506 e. The first-order valence-corrected chi connectivity index (χ1v) is 8.03. The van der Waals surface area contributed by atoms with Gasteiger partial charge in [0.1, 0.15) is 11.5 Å². The molecule has 0 atom stereocenters. The summed E-state index contributed by atoms with van der Waals surface area (Å²) < 4.78 is 5.91. The quantitative estimate of drug-likeness (QED) is 0.711. The Morgan fingerprint density at radius 1 is 1.09 bits per heavy atom. The van der Waals surface area contributed by atoms with E-state index in [1.54, 1.807) is 0 Å². The summed E-state index contributed by atoms with van der Waals surface area (Å²) in [6, 6.07) is 11.9. The van der Waals surface area contributed by atoms with Gasteiger partial charge in [-0.2, -0.15) is 0 Å². The van der Waals surface area contributed by atoms with Gasteiger partial charge in [0.15, 0.2) is 5.58 Å². The normalized spacial score (nSPS) is 11.5. The number of rotatable bonds is 4. The van der Waals surface area contributed by atoms with Crippen LogP contribution in [0, 0.1) is 0 Å². The van der Waals surface area contributed by atoms with E-state index in [2.05, 4.69) is 0 Å². The van der Waals surface area contributed by atoms with Gasteiger partial charge >= 0.3 is 0 Å². The molecule has 0 saturated heterocycles. The molecule has 1 heterocycles. The van der Waals surface area contributed by atoms with Crippen LogP contribution in [-0.2, 0) is 13.0 Å². The molecule has 0 unspecified atom stereocenters. The van der Waals surface area contributed by atoms with Crippen molar-refractivity contribution in [3.8, 4) is 5.75 Å². The van der Waals surface area contributed by atoms with Gasteiger partial charge in [-0.15, -0.1) is 0 Å². The van der Waals surface area contributed by atoms with Gasteiger partial charge < -0.3 is 14.4 Å². The van der Waals surface area contributed by atoms with Crippen LogP contribution in [0.1, 0.15) is 16.9 Å². The minimum atomic E-state index is 0.0185. The Labute approximate surface area is 145 Å². The van der Waals surface area contributed by atoms with Crippen molar-refractivity contribution >= 4 is 34.2 Å². The molecule has 3 aromatic rings. The van der Waals surface area contributed by atoms with Crippen LogP contribution in [0.15, 0.2) is 40.8 Å². The highest BCUT2D eigenvalue weighted by molar-refractivity contribution is 6.41. The zero-order valence-corrected chi connectivity index (χ0v) is 14.4. The number of halogens is 2. The second-order valence-electron chi connectivity index (χ2n) is 5.81. The maximum Gasteiger partial charge on any atom is 0.154 e. The highest BCUT2D eigenvalue weighted by atomic mass is 35.5. The Bertz CT molecular complexity index is 841. The molecule has 0 spiro atoms. The minimum absolute atomic E-state index is 0.0185. The zero-order chi connectivity index (χ0) is 16.6. The lowest BCUT2D eigenvalue weighted by Gasteiger charge is -2.14. The lowest BCUT2D eigenvalue weighted by atomic mass is 10.1. The number of phenols is 1. The lowest BCUT2D eigenvalue weighted by molar-refractivity contribution is 0.386. The Balaban J connectivity index is 2.08. The number of furan rings is 1. The van der Waals surface area contributed by atoms with E-state index < -0.39 is 0 Å². The Kier molecular flexibility index (Phi) is 4.53. The molecule has 1 N–H and O–H groups in total. The third kappa shape index (κ3) is 3.18.